The third kappa shape index (κ3) is 1.66. The summed E-state index contributed by atoms with van der Waals surface area (Å²) < 4.78 is 13.1. The first-order chi connectivity index (χ1) is 5.75. The summed E-state index contributed by atoms with van der Waals surface area (Å²) in [6.07, 6.45) is 3.72. The molecule has 0 atom stereocenters. The minimum absolute atomic E-state index is 0.0619. The van der Waals surface area contributed by atoms with Gasteiger partial charge in [-0.05, 0) is 49.3 Å². The van der Waals surface area contributed by atoms with Crippen molar-refractivity contribution in [3.63, 3.8) is 0 Å². The van der Waals surface area contributed by atoms with Gasteiger partial charge in [-0.3, -0.25) is 0 Å². The second kappa shape index (κ2) is 2.89. The maximum Gasteiger partial charge on any atom is 0.126 e. The van der Waals surface area contributed by atoms with Crippen LogP contribution in [0.3, 0.4) is 0 Å². The Kier molecular flexibility index (Phi) is 1.87. The maximum atomic E-state index is 13.1. The minimum Gasteiger partial charge on any atom is -0.207 e. The van der Waals surface area contributed by atoms with E-state index in [9.17, 15) is 4.39 Å². The third-order valence-electron chi connectivity index (χ3n) is 2.46. The molecule has 0 bridgehead atoms. The van der Waals surface area contributed by atoms with E-state index in [1.54, 1.807) is 13.0 Å². The van der Waals surface area contributed by atoms with E-state index in [-0.39, 0.29) is 5.82 Å². The first-order valence-corrected chi connectivity index (χ1v) is 4.51. The summed E-state index contributed by atoms with van der Waals surface area (Å²) in [5.74, 6) is 0.778. The normalized spacial score (nSPS) is 16.5. The summed E-state index contributed by atoms with van der Waals surface area (Å²) in [5, 5.41) is 0. The second-order valence-electron chi connectivity index (χ2n) is 3.73. The van der Waals surface area contributed by atoms with Crippen molar-refractivity contribution in [3.05, 3.63) is 35.1 Å². The second-order valence-corrected chi connectivity index (χ2v) is 3.73. The van der Waals surface area contributed by atoms with Crippen molar-refractivity contribution in [2.45, 2.75) is 26.2 Å². The third-order valence-corrected chi connectivity index (χ3v) is 2.46. The molecule has 0 aliphatic heterocycles. The van der Waals surface area contributed by atoms with Crippen LogP contribution in [0.5, 0.6) is 0 Å². The molecule has 0 radical (unpaired) electrons. The standard InChI is InChI=1S/C11H13F/c1-8-2-3-10(7-11(8)12)6-9-4-5-9/h2-3,7,9H,4-6H2,1H3. The average Bonchev–Trinajstić information content (AvgIpc) is 2.81. The molecular formula is C11H13F. The molecule has 64 valence electrons. The summed E-state index contributed by atoms with van der Waals surface area (Å²) in [5.41, 5.74) is 1.90. The zero-order valence-electron chi connectivity index (χ0n) is 7.31. The molecule has 1 aromatic rings. The number of hydrogen-bond acceptors (Lipinski definition) is 0. The molecule has 0 saturated heterocycles. The van der Waals surface area contributed by atoms with Crippen molar-refractivity contribution in [2.24, 2.45) is 5.92 Å². The van der Waals surface area contributed by atoms with E-state index in [0.29, 0.717) is 0 Å². The van der Waals surface area contributed by atoms with Crippen LogP contribution >= 0.6 is 0 Å². The van der Waals surface area contributed by atoms with E-state index >= 15 is 0 Å². The first-order valence-electron chi connectivity index (χ1n) is 4.51. The Morgan fingerprint density at radius 2 is 2.17 bits per heavy atom. The predicted octanol–water partition coefficient (Wildman–Crippen LogP) is 3.09. The molecule has 0 amide bonds. The lowest BCUT2D eigenvalue weighted by Crippen LogP contribution is -1.90. The molecule has 1 fully saturated rings. The highest BCUT2D eigenvalue weighted by Gasteiger charge is 2.21. The van der Waals surface area contributed by atoms with Crippen LogP contribution in [0.1, 0.15) is 24.0 Å². The van der Waals surface area contributed by atoms with Crippen molar-refractivity contribution in [3.8, 4) is 0 Å². The lowest BCUT2D eigenvalue weighted by Gasteiger charge is -2.01. The fourth-order valence-corrected chi connectivity index (χ4v) is 1.42. The molecule has 0 heterocycles. The van der Waals surface area contributed by atoms with Gasteiger partial charge in [-0.2, -0.15) is 0 Å². The highest BCUT2D eigenvalue weighted by molar-refractivity contribution is 5.24. The number of rotatable bonds is 2. The van der Waals surface area contributed by atoms with Crippen LogP contribution in [0.25, 0.3) is 0 Å². The molecule has 2 rings (SSSR count). The molecule has 12 heavy (non-hydrogen) atoms. The van der Waals surface area contributed by atoms with Gasteiger partial charge in [0.25, 0.3) is 0 Å². The Morgan fingerprint density at radius 1 is 1.42 bits per heavy atom. The van der Waals surface area contributed by atoms with Crippen LogP contribution in [0.15, 0.2) is 18.2 Å². The summed E-state index contributed by atoms with van der Waals surface area (Å²) in [4.78, 5) is 0. The quantitative estimate of drug-likeness (QED) is 0.630. The fourth-order valence-electron chi connectivity index (χ4n) is 1.42. The van der Waals surface area contributed by atoms with Crippen LogP contribution < -0.4 is 0 Å². The molecule has 1 heteroatoms. The van der Waals surface area contributed by atoms with E-state index in [1.807, 2.05) is 12.1 Å². The van der Waals surface area contributed by atoms with Gasteiger partial charge in [-0.15, -0.1) is 0 Å². The number of benzene rings is 1. The van der Waals surface area contributed by atoms with E-state index in [4.69, 9.17) is 0 Å². The minimum atomic E-state index is -0.0619. The van der Waals surface area contributed by atoms with E-state index < -0.39 is 0 Å². The summed E-state index contributed by atoms with van der Waals surface area (Å²) in [6.45, 7) is 1.80. The van der Waals surface area contributed by atoms with Crippen molar-refractivity contribution in [2.75, 3.05) is 0 Å². The van der Waals surface area contributed by atoms with Crippen LogP contribution in [0, 0.1) is 18.7 Å². The predicted molar refractivity (Wildman–Crippen MR) is 47.6 cm³/mol. The highest BCUT2D eigenvalue weighted by atomic mass is 19.1. The van der Waals surface area contributed by atoms with E-state index in [2.05, 4.69) is 0 Å². The average molecular weight is 164 g/mol. The van der Waals surface area contributed by atoms with Crippen LogP contribution in [-0.4, -0.2) is 0 Å². The molecule has 0 unspecified atom stereocenters. The van der Waals surface area contributed by atoms with Gasteiger partial charge >= 0.3 is 0 Å². The van der Waals surface area contributed by atoms with E-state index in [1.165, 1.54) is 12.8 Å². The molecule has 0 aromatic heterocycles. The molecule has 0 spiro atoms. The highest BCUT2D eigenvalue weighted by Crippen LogP contribution is 2.32. The summed E-state index contributed by atoms with van der Waals surface area (Å²) >= 11 is 0. The number of hydrogen-bond donors (Lipinski definition) is 0. The largest absolute Gasteiger partial charge is 0.207 e. The number of aryl methyl sites for hydroxylation is 1. The Hall–Kier alpha value is -0.850. The van der Waals surface area contributed by atoms with Crippen LogP contribution in [0.2, 0.25) is 0 Å². The van der Waals surface area contributed by atoms with Crippen molar-refractivity contribution in [1.82, 2.24) is 0 Å². The molecule has 1 saturated carbocycles. The zero-order valence-corrected chi connectivity index (χ0v) is 7.31. The molecule has 0 nitrogen and oxygen atoms in total. The molecule has 1 aromatic carbocycles. The molecule has 1 aliphatic rings. The van der Waals surface area contributed by atoms with Gasteiger partial charge in [0, 0.05) is 0 Å². The fraction of sp³-hybridized carbons (Fsp3) is 0.455. The summed E-state index contributed by atoms with van der Waals surface area (Å²) in [6, 6.07) is 5.58. The van der Waals surface area contributed by atoms with Gasteiger partial charge in [-0.25, -0.2) is 4.39 Å². The maximum absolute atomic E-state index is 13.1. The smallest absolute Gasteiger partial charge is 0.126 e. The first kappa shape index (κ1) is 7.78. The van der Waals surface area contributed by atoms with Gasteiger partial charge in [0.15, 0.2) is 0 Å². The monoisotopic (exact) mass is 164 g/mol. The summed E-state index contributed by atoms with van der Waals surface area (Å²) in [7, 11) is 0. The van der Waals surface area contributed by atoms with Gasteiger partial charge in [0.1, 0.15) is 5.82 Å². The van der Waals surface area contributed by atoms with Crippen LogP contribution in [-0.2, 0) is 6.42 Å². The zero-order chi connectivity index (χ0) is 8.55. The van der Waals surface area contributed by atoms with Crippen molar-refractivity contribution < 1.29 is 4.39 Å². The van der Waals surface area contributed by atoms with Gasteiger partial charge in [0.05, 0.1) is 0 Å². The SMILES string of the molecule is Cc1ccc(CC2CC2)cc1F. The Labute approximate surface area is 72.4 Å². The van der Waals surface area contributed by atoms with Crippen molar-refractivity contribution >= 4 is 0 Å². The Balaban J connectivity index is 2.15. The lowest BCUT2D eigenvalue weighted by atomic mass is 10.1. The molecular weight excluding hydrogens is 151 g/mol. The Bertz CT molecular complexity index is 287. The number of halogens is 1. The van der Waals surface area contributed by atoms with Gasteiger partial charge < -0.3 is 0 Å². The van der Waals surface area contributed by atoms with Crippen LogP contribution in [0.4, 0.5) is 4.39 Å². The van der Waals surface area contributed by atoms with Gasteiger partial charge in [-0.1, -0.05) is 12.1 Å². The topological polar surface area (TPSA) is 0 Å². The molecule has 0 N–H and O–H groups in total. The van der Waals surface area contributed by atoms with E-state index in [0.717, 1.165) is 23.5 Å². The van der Waals surface area contributed by atoms with Crippen molar-refractivity contribution in [1.29, 1.82) is 0 Å². The molecule has 1 aliphatic carbocycles. The lowest BCUT2D eigenvalue weighted by molar-refractivity contribution is 0.615. The Morgan fingerprint density at radius 3 is 2.75 bits per heavy atom. The van der Waals surface area contributed by atoms with Gasteiger partial charge in [0.2, 0.25) is 0 Å².